The number of hydrogen-bond acceptors (Lipinski definition) is 5. The van der Waals surface area contributed by atoms with Crippen molar-refractivity contribution >= 4 is 16.8 Å². The molecule has 0 fully saturated rings. The maximum Gasteiger partial charge on any atom is 0.276 e. The number of para-hydroxylation sites is 1. The molecule has 0 spiro atoms. The van der Waals surface area contributed by atoms with Gasteiger partial charge in [0.25, 0.3) is 5.91 Å². The van der Waals surface area contributed by atoms with Crippen molar-refractivity contribution in [1.29, 1.82) is 0 Å². The highest BCUT2D eigenvalue weighted by Gasteiger charge is 2.27. The van der Waals surface area contributed by atoms with Gasteiger partial charge in [-0.15, -0.1) is 5.10 Å². The van der Waals surface area contributed by atoms with E-state index in [0.717, 1.165) is 23.6 Å². The van der Waals surface area contributed by atoms with Crippen molar-refractivity contribution in [3.8, 4) is 0 Å². The highest BCUT2D eigenvalue weighted by Crippen LogP contribution is 2.25. The molecule has 4 aromatic rings. The van der Waals surface area contributed by atoms with Gasteiger partial charge in [-0.2, -0.15) is 0 Å². The normalized spacial score (nSPS) is 13.9. The second kappa shape index (κ2) is 6.33. The van der Waals surface area contributed by atoms with Crippen LogP contribution in [0.1, 0.15) is 33.3 Å². The maximum absolute atomic E-state index is 13.1. The monoisotopic (exact) mass is 376 g/mol. The van der Waals surface area contributed by atoms with Crippen LogP contribution in [0.3, 0.4) is 0 Å². The van der Waals surface area contributed by atoms with Gasteiger partial charge < -0.3 is 14.0 Å². The number of hydrogen-bond donors (Lipinski definition) is 0. The molecule has 4 heterocycles. The van der Waals surface area contributed by atoms with E-state index in [0.29, 0.717) is 31.1 Å². The van der Waals surface area contributed by atoms with Crippen LogP contribution in [-0.4, -0.2) is 42.1 Å². The van der Waals surface area contributed by atoms with E-state index in [9.17, 15) is 4.79 Å². The van der Waals surface area contributed by atoms with Crippen molar-refractivity contribution in [1.82, 2.24) is 29.6 Å². The Labute approximate surface area is 161 Å². The van der Waals surface area contributed by atoms with Gasteiger partial charge in [-0.1, -0.05) is 28.6 Å². The number of fused-ring (bicyclic) bond motifs is 3. The summed E-state index contributed by atoms with van der Waals surface area (Å²) >= 11 is 0. The van der Waals surface area contributed by atoms with Gasteiger partial charge in [0, 0.05) is 30.4 Å². The fourth-order valence-electron chi connectivity index (χ4n) is 3.83. The first-order chi connectivity index (χ1) is 13.6. The summed E-state index contributed by atoms with van der Waals surface area (Å²) in [5.41, 5.74) is 4.29. The molecule has 28 heavy (non-hydrogen) atoms. The minimum atomic E-state index is -0.0889. The van der Waals surface area contributed by atoms with Gasteiger partial charge in [0.2, 0.25) is 0 Å². The second-order valence-electron chi connectivity index (χ2n) is 7.19. The highest BCUT2D eigenvalue weighted by molar-refractivity contribution is 5.93. The molecule has 1 aliphatic rings. The summed E-state index contributed by atoms with van der Waals surface area (Å²) in [6.07, 6.45) is 0. The third-order valence-electron chi connectivity index (χ3n) is 5.30. The van der Waals surface area contributed by atoms with Crippen molar-refractivity contribution in [3.05, 3.63) is 64.9 Å². The molecule has 1 aromatic carbocycles. The zero-order valence-corrected chi connectivity index (χ0v) is 15.8. The second-order valence-corrected chi connectivity index (χ2v) is 7.19. The fourth-order valence-corrected chi connectivity index (χ4v) is 3.83. The Hall–Kier alpha value is -3.42. The van der Waals surface area contributed by atoms with Crippen LogP contribution in [0.5, 0.6) is 0 Å². The molecule has 8 nitrogen and oxygen atoms in total. The fraction of sp³-hybridized carbons (Fsp3) is 0.300. The molecule has 0 unspecified atom stereocenters. The summed E-state index contributed by atoms with van der Waals surface area (Å²) in [5, 5.41) is 13.4. The van der Waals surface area contributed by atoms with E-state index in [1.54, 1.807) is 4.68 Å². The number of carbonyl (C=O) groups is 1. The zero-order chi connectivity index (χ0) is 19.3. The molecule has 1 aliphatic heterocycles. The average Bonchev–Trinajstić information content (AvgIpc) is 3.38. The number of carbonyl (C=O) groups excluding carboxylic acids is 1. The standard InChI is InChI=1S/C20H20N6O2/c1-13-9-17(28-22-13)12-26-14(2)19(21-23-26)20(27)24-7-8-25-16(11-24)10-15-5-3-4-6-18(15)25/h3-6,9-10H,7-8,11-12H2,1-2H3. The number of rotatable bonds is 3. The zero-order valence-electron chi connectivity index (χ0n) is 15.8. The lowest BCUT2D eigenvalue weighted by Crippen LogP contribution is -2.38. The Morgan fingerprint density at radius 1 is 1.18 bits per heavy atom. The molecule has 0 saturated carbocycles. The third-order valence-corrected chi connectivity index (χ3v) is 5.30. The van der Waals surface area contributed by atoms with E-state index in [4.69, 9.17) is 4.52 Å². The van der Waals surface area contributed by atoms with Crippen LogP contribution < -0.4 is 0 Å². The Bertz CT molecular complexity index is 1180. The summed E-state index contributed by atoms with van der Waals surface area (Å²) in [5.74, 6) is 0.598. The van der Waals surface area contributed by atoms with Crippen LogP contribution in [0.25, 0.3) is 10.9 Å². The molecule has 0 radical (unpaired) electrons. The lowest BCUT2D eigenvalue weighted by atomic mass is 10.2. The molecule has 0 N–H and O–H groups in total. The maximum atomic E-state index is 13.1. The number of nitrogens with zero attached hydrogens (tertiary/aromatic N) is 6. The Kier molecular flexibility index (Phi) is 3.78. The van der Waals surface area contributed by atoms with Crippen molar-refractivity contribution in [2.75, 3.05) is 6.54 Å². The van der Waals surface area contributed by atoms with Crippen LogP contribution in [0.4, 0.5) is 0 Å². The van der Waals surface area contributed by atoms with Crippen LogP contribution >= 0.6 is 0 Å². The first-order valence-electron chi connectivity index (χ1n) is 9.29. The predicted molar refractivity (Wildman–Crippen MR) is 102 cm³/mol. The lowest BCUT2D eigenvalue weighted by molar-refractivity contribution is 0.0705. The Balaban J connectivity index is 1.38. The Morgan fingerprint density at radius 2 is 2.04 bits per heavy atom. The van der Waals surface area contributed by atoms with Crippen LogP contribution in [0.15, 0.2) is 40.9 Å². The van der Waals surface area contributed by atoms with E-state index in [1.165, 1.54) is 10.9 Å². The molecule has 8 heteroatoms. The minimum absolute atomic E-state index is 0.0889. The van der Waals surface area contributed by atoms with Crippen LogP contribution in [-0.2, 0) is 19.6 Å². The number of amides is 1. The van der Waals surface area contributed by atoms with E-state index < -0.39 is 0 Å². The van der Waals surface area contributed by atoms with Crippen LogP contribution in [0, 0.1) is 13.8 Å². The molecule has 0 bridgehead atoms. The highest BCUT2D eigenvalue weighted by atomic mass is 16.5. The molecule has 142 valence electrons. The molecule has 3 aromatic heterocycles. The van der Waals surface area contributed by atoms with E-state index in [1.807, 2.05) is 36.9 Å². The summed E-state index contributed by atoms with van der Waals surface area (Å²) in [6, 6.07) is 12.3. The van der Waals surface area contributed by atoms with Gasteiger partial charge in [0.15, 0.2) is 11.5 Å². The van der Waals surface area contributed by atoms with Gasteiger partial charge in [-0.25, -0.2) is 4.68 Å². The van der Waals surface area contributed by atoms with Crippen molar-refractivity contribution < 1.29 is 9.32 Å². The largest absolute Gasteiger partial charge is 0.359 e. The summed E-state index contributed by atoms with van der Waals surface area (Å²) < 4.78 is 9.20. The molecule has 0 atom stereocenters. The molecular formula is C20H20N6O2. The Morgan fingerprint density at radius 3 is 2.86 bits per heavy atom. The van der Waals surface area contributed by atoms with Gasteiger partial charge in [-0.3, -0.25) is 4.79 Å². The molecular weight excluding hydrogens is 356 g/mol. The number of benzene rings is 1. The van der Waals surface area contributed by atoms with Gasteiger partial charge in [0.05, 0.1) is 17.9 Å². The SMILES string of the molecule is Cc1cc(Cn2nnc(C(=O)N3CCn4c(cc5ccccc54)C3)c2C)on1. The summed E-state index contributed by atoms with van der Waals surface area (Å²) in [4.78, 5) is 14.9. The van der Waals surface area contributed by atoms with Crippen LogP contribution in [0.2, 0.25) is 0 Å². The van der Waals surface area contributed by atoms with Gasteiger partial charge in [-0.05, 0) is 31.4 Å². The van der Waals surface area contributed by atoms with Crippen molar-refractivity contribution in [2.45, 2.75) is 33.5 Å². The predicted octanol–water partition coefficient (Wildman–Crippen LogP) is 2.54. The first-order valence-corrected chi connectivity index (χ1v) is 9.29. The molecule has 5 rings (SSSR count). The summed E-state index contributed by atoms with van der Waals surface area (Å²) in [6.45, 7) is 6.13. The number of aromatic nitrogens is 5. The first kappa shape index (κ1) is 16.7. The topological polar surface area (TPSA) is 82.0 Å². The lowest BCUT2D eigenvalue weighted by Gasteiger charge is -2.28. The summed E-state index contributed by atoms with van der Waals surface area (Å²) in [7, 11) is 0. The van der Waals surface area contributed by atoms with Crippen molar-refractivity contribution in [3.63, 3.8) is 0 Å². The molecule has 1 amide bonds. The molecule has 0 aliphatic carbocycles. The molecule has 0 saturated heterocycles. The van der Waals surface area contributed by atoms with E-state index >= 15 is 0 Å². The van der Waals surface area contributed by atoms with Gasteiger partial charge in [0.1, 0.15) is 6.54 Å². The van der Waals surface area contributed by atoms with Gasteiger partial charge >= 0.3 is 0 Å². The third kappa shape index (κ3) is 2.69. The smallest absolute Gasteiger partial charge is 0.276 e. The van der Waals surface area contributed by atoms with E-state index in [-0.39, 0.29) is 5.91 Å². The van der Waals surface area contributed by atoms with E-state index in [2.05, 4.69) is 38.2 Å². The van der Waals surface area contributed by atoms with Crippen molar-refractivity contribution in [2.24, 2.45) is 0 Å². The average molecular weight is 376 g/mol. The number of aryl methyl sites for hydroxylation is 1. The minimum Gasteiger partial charge on any atom is -0.359 e. The quantitative estimate of drug-likeness (QED) is 0.549.